The van der Waals surface area contributed by atoms with Gasteiger partial charge in [0.25, 0.3) is 0 Å². The molecule has 10 heavy (non-hydrogen) atoms. The Balaban J connectivity index is 3.26. The Kier molecular flexibility index (Phi) is 5.90. The fraction of sp³-hybridized carbons (Fsp3) is 0.778. The molecule has 0 aliphatic carbocycles. The van der Waals surface area contributed by atoms with Gasteiger partial charge in [0.1, 0.15) is 0 Å². The first-order valence-electron chi connectivity index (χ1n) is 3.98. The van der Waals surface area contributed by atoms with Crippen LogP contribution in [0.3, 0.4) is 0 Å². The average Bonchev–Trinajstić information content (AvgIpc) is 1.99. The molecule has 1 unspecified atom stereocenters. The molecule has 1 heteroatoms. The highest BCUT2D eigenvalue weighted by molar-refractivity contribution is 8.00. The Hall–Kier alpha value is 0.0900. The van der Waals surface area contributed by atoms with Gasteiger partial charge >= 0.3 is 0 Å². The van der Waals surface area contributed by atoms with E-state index in [1.165, 1.54) is 12.0 Å². The van der Waals surface area contributed by atoms with Crippen molar-refractivity contribution in [2.75, 3.05) is 5.75 Å². The molecule has 0 bridgehead atoms. The molecule has 0 aliphatic rings. The first kappa shape index (κ1) is 10.1. The molecule has 0 fully saturated rings. The van der Waals surface area contributed by atoms with Gasteiger partial charge in [-0.1, -0.05) is 32.9 Å². The minimum Gasteiger partial charge on any atom is -0.154 e. The van der Waals surface area contributed by atoms with Gasteiger partial charge in [0.2, 0.25) is 0 Å². The lowest BCUT2D eigenvalue weighted by atomic mass is 10.3. The van der Waals surface area contributed by atoms with Gasteiger partial charge in [0.15, 0.2) is 0 Å². The SMILES string of the molecule is C=C(CC)CSC(C)CC. The minimum absolute atomic E-state index is 0.795. The maximum absolute atomic E-state index is 3.96. The smallest absolute Gasteiger partial charge is 0.0143 e. The maximum atomic E-state index is 3.96. The fourth-order valence-corrected chi connectivity index (χ4v) is 1.44. The van der Waals surface area contributed by atoms with E-state index in [9.17, 15) is 0 Å². The zero-order chi connectivity index (χ0) is 7.98. The fourth-order valence-electron chi connectivity index (χ4n) is 0.480. The van der Waals surface area contributed by atoms with Crippen LogP contribution in [0.4, 0.5) is 0 Å². The maximum Gasteiger partial charge on any atom is 0.0143 e. The largest absolute Gasteiger partial charge is 0.154 e. The van der Waals surface area contributed by atoms with E-state index >= 15 is 0 Å². The molecular weight excluding hydrogens is 140 g/mol. The number of hydrogen-bond donors (Lipinski definition) is 0. The van der Waals surface area contributed by atoms with E-state index in [2.05, 4.69) is 27.4 Å². The van der Waals surface area contributed by atoms with Crippen molar-refractivity contribution in [3.05, 3.63) is 12.2 Å². The van der Waals surface area contributed by atoms with Crippen molar-refractivity contribution >= 4 is 11.8 Å². The summed E-state index contributed by atoms with van der Waals surface area (Å²) in [7, 11) is 0. The Bertz CT molecular complexity index is 96.9. The summed E-state index contributed by atoms with van der Waals surface area (Å²) >= 11 is 2.01. The molecule has 0 saturated heterocycles. The molecule has 1 atom stereocenters. The molecule has 0 radical (unpaired) electrons. The average molecular weight is 158 g/mol. The third-order valence-electron chi connectivity index (χ3n) is 1.65. The quantitative estimate of drug-likeness (QED) is 0.552. The van der Waals surface area contributed by atoms with Crippen LogP contribution in [0.15, 0.2) is 12.2 Å². The molecule has 0 rings (SSSR count). The van der Waals surface area contributed by atoms with E-state index in [-0.39, 0.29) is 0 Å². The van der Waals surface area contributed by atoms with Gasteiger partial charge in [-0.05, 0) is 12.8 Å². The van der Waals surface area contributed by atoms with Crippen LogP contribution in [0.25, 0.3) is 0 Å². The van der Waals surface area contributed by atoms with Crippen molar-refractivity contribution < 1.29 is 0 Å². The molecule has 0 aliphatic heterocycles. The van der Waals surface area contributed by atoms with E-state index in [0.717, 1.165) is 17.4 Å². The van der Waals surface area contributed by atoms with Crippen LogP contribution in [0, 0.1) is 0 Å². The molecule has 0 aromatic rings. The van der Waals surface area contributed by atoms with Gasteiger partial charge in [0.05, 0.1) is 0 Å². The lowest BCUT2D eigenvalue weighted by Gasteiger charge is -2.07. The van der Waals surface area contributed by atoms with Gasteiger partial charge in [0, 0.05) is 11.0 Å². The van der Waals surface area contributed by atoms with Crippen LogP contribution in [0.2, 0.25) is 0 Å². The van der Waals surface area contributed by atoms with Gasteiger partial charge in [-0.25, -0.2) is 0 Å². The van der Waals surface area contributed by atoms with E-state index in [0.29, 0.717) is 0 Å². The summed E-state index contributed by atoms with van der Waals surface area (Å²) in [5.74, 6) is 1.14. The van der Waals surface area contributed by atoms with Crippen LogP contribution in [0.5, 0.6) is 0 Å². The highest BCUT2D eigenvalue weighted by Gasteiger charge is 1.98. The van der Waals surface area contributed by atoms with Gasteiger partial charge in [-0.15, -0.1) is 0 Å². The van der Waals surface area contributed by atoms with Crippen molar-refractivity contribution in [1.82, 2.24) is 0 Å². The summed E-state index contributed by atoms with van der Waals surface area (Å²) in [6.45, 7) is 10.6. The van der Waals surface area contributed by atoms with Gasteiger partial charge in [-0.2, -0.15) is 11.8 Å². The predicted molar refractivity (Wildman–Crippen MR) is 51.6 cm³/mol. The second-order valence-electron chi connectivity index (χ2n) is 2.63. The Morgan fingerprint density at radius 1 is 1.50 bits per heavy atom. The molecule has 0 heterocycles. The van der Waals surface area contributed by atoms with E-state index in [4.69, 9.17) is 0 Å². The molecule has 0 spiro atoms. The number of hydrogen-bond acceptors (Lipinski definition) is 1. The normalized spacial score (nSPS) is 13.1. The molecule has 0 nitrogen and oxygen atoms in total. The second-order valence-corrected chi connectivity index (χ2v) is 4.06. The van der Waals surface area contributed by atoms with Crippen molar-refractivity contribution in [3.8, 4) is 0 Å². The van der Waals surface area contributed by atoms with Crippen molar-refractivity contribution in [2.45, 2.75) is 38.9 Å². The molecule has 60 valence electrons. The van der Waals surface area contributed by atoms with E-state index in [1.807, 2.05) is 11.8 Å². The number of thioether (sulfide) groups is 1. The van der Waals surface area contributed by atoms with E-state index in [1.54, 1.807) is 0 Å². The summed E-state index contributed by atoms with van der Waals surface area (Å²) < 4.78 is 0. The third-order valence-corrected chi connectivity index (χ3v) is 3.12. The Morgan fingerprint density at radius 2 is 2.10 bits per heavy atom. The summed E-state index contributed by atoms with van der Waals surface area (Å²) in [6.07, 6.45) is 2.39. The predicted octanol–water partition coefficient (Wildman–Crippen LogP) is 3.48. The monoisotopic (exact) mass is 158 g/mol. The zero-order valence-electron chi connectivity index (χ0n) is 7.31. The summed E-state index contributed by atoms with van der Waals surface area (Å²) in [4.78, 5) is 0. The standard InChI is InChI=1S/C9H18S/c1-5-8(3)7-10-9(4)6-2/h9H,3,5-7H2,1-2,4H3. The summed E-state index contributed by atoms with van der Waals surface area (Å²) in [6, 6.07) is 0. The van der Waals surface area contributed by atoms with Gasteiger partial charge < -0.3 is 0 Å². The summed E-state index contributed by atoms with van der Waals surface area (Å²) in [5.41, 5.74) is 1.37. The third kappa shape index (κ3) is 4.92. The van der Waals surface area contributed by atoms with Gasteiger partial charge in [-0.3, -0.25) is 0 Å². The zero-order valence-corrected chi connectivity index (χ0v) is 8.13. The molecule has 0 aromatic heterocycles. The summed E-state index contributed by atoms with van der Waals surface area (Å²) in [5, 5.41) is 0.795. The lowest BCUT2D eigenvalue weighted by Crippen LogP contribution is -1.95. The van der Waals surface area contributed by atoms with Crippen molar-refractivity contribution in [2.24, 2.45) is 0 Å². The molecule has 0 saturated carbocycles. The van der Waals surface area contributed by atoms with Crippen LogP contribution in [-0.2, 0) is 0 Å². The van der Waals surface area contributed by atoms with Crippen LogP contribution in [0.1, 0.15) is 33.6 Å². The molecule has 0 amide bonds. The minimum atomic E-state index is 0.795. The highest BCUT2D eigenvalue weighted by atomic mass is 32.2. The van der Waals surface area contributed by atoms with Crippen LogP contribution >= 0.6 is 11.8 Å². The lowest BCUT2D eigenvalue weighted by molar-refractivity contribution is 0.905. The van der Waals surface area contributed by atoms with E-state index < -0.39 is 0 Å². The number of rotatable bonds is 5. The van der Waals surface area contributed by atoms with Crippen LogP contribution in [-0.4, -0.2) is 11.0 Å². The van der Waals surface area contributed by atoms with Crippen molar-refractivity contribution in [1.29, 1.82) is 0 Å². The van der Waals surface area contributed by atoms with Crippen LogP contribution < -0.4 is 0 Å². The Morgan fingerprint density at radius 3 is 2.50 bits per heavy atom. The van der Waals surface area contributed by atoms with Crippen molar-refractivity contribution in [3.63, 3.8) is 0 Å². The molecule has 0 aromatic carbocycles. The molecular formula is C9H18S. The first-order chi connectivity index (χ1) is 4.70. The second kappa shape index (κ2) is 5.84. The highest BCUT2D eigenvalue weighted by Crippen LogP contribution is 2.17. The first-order valence-corrected chi connectivity index (χ1v) is 5.03. The topological polar surface area (TPSA) is 0 Å². The molecule has 0 N–H and O–H groups in total. The Labute approximate surface area is 69.1 Å².